The molecule has 0 aromatic rings. The van der Waals surface area contributed by atoms with Gasteiger partial charge in [-0.15, -0.1) is 0 Å². The smallest absolute Gasteiger partial charge is 0 e. The fraction of sp³-hybridized carbons (Fsp3) is 0. The molecule has 0 aliphatic carbocycles. The molecule has 0 heterocycles. The van der Waals surface area contributed by atoms with E-state index in [1.807, 2.05) is 0 Å². The van der Waals surface area contributed by atoms with Crippen LogP contribution in [0.3, 0.4) is 0 Å². The predicted octanol–water partition coefficient (Wildman–Crippen LogP) is 0.0957. The Bertz CT molecular complexity index is 392. The van der Waals surface area contributed by atoms with Crippen LogP contribution in [0.2, 0.25) is 0 Å². The summed E-state index contributed by atoms with van der Waals surface area (Å²) in [5, 5.41) is 51.5. The van der Waals surface area contributed by atoms with Gasteiger partial charge in [0.2, 0.25) is 0 Å². The van der Waals surface area contributed by atoms with Crippen molar-refractivity contribution in [3.05, 3.63) is 0 Å². The molecule has 0 aromatic carbocycles. The van der Waals surface area contributed by atoms with Crippen LogP contribution < -0.4 is 0 Å². The van der Waals surface area contributed by atoms with Crippen molar-refractivity contribution < 1.29 is 27.2 Å². The molecule has 0 unspecified atom stereocenters. The summed E-state index contributed by atoms with van der Waals surface area (Å²) in [5.41, 5.74) is 0. The summed E-state index contributed by atoms with van der Waals surface area (Å²) in [7, 11) is -6.17. The van der Waals surface area contributed by atoms with Gasteiger partial charge in [-0.25, -0.2) is 0 Å². The van der Waals surface area contributed by atoms with Gasteiger partial charge in [0.15, 0.2) is 0 Å². The molecule has 0 atom stereocenters. The third-order valence-electron chi connectivity index (χ3n) is 1.19. The molecule has 0 saturated carbocycles. The van der Waals surface area contributed by atoms with Gasteiger partial charge < -0.3 is 0 Å². The first-order valence-electron chi connectivity index (χ1n) is 2.40. The molecule has 0 radical (unpaired) electrons. The number of nitriles is 6. The third-order valence-corrected chi connectivity index (χ3v) is 4.89. The normalized spacial score (nSPS) is 12.4. The van der Waals surface area contributed by atoms with Gasteiger partial charge in [-0.2, -0.15) is 0 Å². The van der Waals surface area contributed by atoms with Crippen molar-refractivity contribution in [1.82, 2.24) is 0 Å². The predicted molar refractivity (Wildman–Crippen MR) is 33.7 cm³/mol. The molecule has 0 N–H and O–H groups in total. The third kappa shape index (κ3) is 1.02. The van der Waals surface area contributed by atoms with Crippen LogP contribution in [-0.2, 0) is 27.2 Å². The van der Waals surface area contributed by atoms with Gasteiger partial charge in [-0.1, -0.05) is 0 Å². The van der Waals surface area contributed by atoms with Crippen molar-refractivity contribution in [2.75, 3.05) is 0 Å². The molecule has 14 heavy (non-hydrogen) atoms. The minimum absolute atomic E-state index is 0. The zero-order valence-electron chi connectivity index (χ0n) is 6.35. The van der Waals surface area contributed by atoms with Gasteiger partial charge in [0.25, 0.3) is 0 Å². The maximum atomic E-state index is 8.58. The summed E-state index contributed by atoms with van der Waals surface area (Å²) in [6.45, 7) is 0. The van der Waals surface area contributed by atoms with Crippen LogP contribution in [0.25, 0.3) is 0 Å². The Balaban J connectivity index is 0. The quantitative estimate of drug-likeness (QED) is 0.571. The van der Waals surface area contributed by atoms with Crippen molar-refractivity contribution >= 4 is 0 Å². The standard InChI is InChI=1S/6CN.Fe.Ni/c6*1-2;;. The van der Waals surface area contributed by atoms with Crippen molar-refractivity contribution in [2.24, 2.45) is 0 Å². The second kappa shape index (κ2) is 3.02. The van der Waals surface area contributed by atoms with Crippen LogP contribution in [0.1, 0.15) is 0 Å². The molecular weight excluding hydrogens is 271 g/mol. The first-order chi connectivity index (χ1) is 5.97. The van der Waals surface area contributed by atoms with Crippen LogP contribution in [0.5, 0.6) is 0 Å². The Kier molecular flexibility index (Phi) is 3.12. The molecule has 0 rings (SSSR count). The van der Waals surface area contributed by atoms with E-state index in [1.165, 1.54) is 0 Å². The van der Waals surface area contributed by atoms with E-state index in [9.17, 15) is 0 Å². The van der Waals surface area contributed by atoms with E-state index in [-0.39, 0.29) is 16.5 Å². The summed E-state index contributed by atoms with van der Waals surface area (Å²) < 4.78 is 0. The number of hydrogen-bond donors (Lipinski definition) is 0. The van der Waals surface area contributed by atoms with Crippen LogP contribution in [0.15, 0.2) is 0 Å². The van der Waals surface area contributed by atoms with E-state index in [0.717, 1.165) is 29.8 Å². The Morgan fingerprint density at radius 1 is 0.500 bits per heavy atom. The van der Waals surface area contributed by atoms with E-state index in [0.29, 0.717) is 0 Å². The molecule has 0 aliphatic heterocycles. The molecular formula is C6FeN6Ni. The molecule has 0 aromatic heterocycles. The van der Waals surface area contributed by atoms with Crippen LogP contribution in [-0.4, -0.2) is 0 Å². The molecule has 0 spiro atoms. The SMILES string of the molecule is N#[C][Fe]([C]#N)([C]#N)([C]#N)([C]#N)[C]#N.[Ni]. The Labute approximate surface area is 88.6 Å². The zero-order chi connectivity index (χ0) is 10.7. The topological polar surface area (TPSA) is 143 Å². The summed E-state index contributed by atoms with van der Waals surface area (Å²) in [5.74, 6) is 0. The van der Waals surface area contributed by atoms with Crippen molar-refractivity contribution in [2.45, 2.75) is 0 Å². The minimum Gasteiger partial charge on any atom is 0 e. The second-order valence-corrected chi connectivity index (χ2v) is 7.42. The first-order valence-corrected chi connectivity index (χ1v) is 5.71. The second-order valence-electron chi connectivity index (χ2n) is 1.80. The fourth-order valence-corrected chi connectivity index (χ4v) is 1.09. The Morgan fingerprint density at radius 3 is 0.643 bits per heavy atom. The van der Waals surface area contributed by atoms with Gasteiger partial charge >= 0.3 is 72.1 Å². The Morgan fingerprint density at radius 2 is 0.643 bits per heavy atom. The number of nitrogens with zero attached hydrogens (tertiary/aromatic N) is 6. The van der Waals surface area contributed by atoms with E-state index < -0.39 is 10.7 Å². The summed E-state index contributed by atoms with van der Waals surface area (Å²) in [6, 6.07) is 0. The van der Waals surface area contributed by atoms with E-state index in [1.54, 1.807) is 0 Å². The maximum Gasteiger partial charge on any atom is 0 e. The van der Waals surface area contributed by atoms with Gasteiger partial charge in [-0.05, 0) is 0 Å². The van der Waals surface area contributed by atoms with Crippen LogP contribution in [0.4, 0.5) is 0 Å². The van der Waals surface area contributed by atoms with Crippen molar-refractivity contribution in [1.29, 1.82) is 31.6 Å². The summed E-state index contributed by atoms with van der Waals surface area (Å²) in [6.07, 6.45) is 0. The van der Waals surface area contributed by atoms with E-state index in [4.69, 9.17) is 31.6 Å². The zero-order valence-corrected chi connectivity index (χ0v) is 8.44. The Hall–Kier alpha value is -2.05. The van der Waals surface area contributed by atoms with Gasteiger partial charge in [-0.3, -0.25) is 0 Å². The summed E-state index contributed by atoms with van der Waals surface area (Å²) >= 11 is 0. The van der Waals surface area contributed by atoms with Crippen molar-refractivity contribution in [3.63, 3.8) is 0 Å². The largest absolute Gasteiger partial charge is 0 e. The van der Waals surface area contributed by atoms with Gasteiger partial charge in [0.1, 0.15) is 0 Å². The van der Waals surface area contributed by atoms with E-state index >= 15 is 0 Å². The average Bonchev–Trinajstić information content (AvgIpc) is 2.26. The van der Waals surface area contributed by atoms with Crippen molar-refractivity contribution in [3.8, 4) is 29.8 Å². The van der Waals surface area contributed by atoms with Gasteiger partial charge in [0.05, 0.1) is 0 Å². The average molecular weight is 271 g/mol. The molecule has 72 valence electrons. The molecule has 6 nitrogen and oxygen atoms in total. The minimum atomic E-state index is -6.17. The maximum absolute atomic E-state index is 8.58. The monoisotopic (exact) mass is 270 g/mol. The van der Waals surface area contributed by atoms with Crippen LogP contribution in [0, 0.1) is 61.4 Å². The van der Waals surface area contributed by atoms with Crippen LogP contribution >= 0.6 is 0 Å². The van der Waals surface area contributed by atoms with E-state index in [2.05, 4.69) is 0 Å². The molecule has 0 amide bonds. The molecule has 0 bridgehead atoms. The molecule has 0 saturated heterocycles. The first kappa shape index (κ1) is 14.5. The fourth-order valence-electron chi connectivity index (χ4n) is 0.265. The number of rotatable bonds is 0. The number of hydrogen-bond acceptors (Lipinski definition) is 6. The molecule has 0 aliphatic rings. The summed E-state index contributed by atoms with van der Waals surface area (Å²) in [4.78, 5) is 6.19. The molecule has 0 fully saturated rings. The van der Waals surface area contributed by atoms with Gasteiger partial charge in [0, 0.05) is 16.5 Å². The molecule has 8 heteroatoms.